The summed E-state index contributed by atoms with van der Waals surface area (Å²) in [5, 5.41) is 17.8. The zero-order valence-corrected chi connectivity index (χ0v) is 19.5. The van der Waals surface area contributed by atoms with Gasteiger partial charge < -0.3 is 19.7 Å². The van der Waals surface area contributed by atoms with Gasteiger partial charge in [0.15, 0.2) is 0 Å². The molecule has 0 radical (unpaired) electrons. The van der Waals surface area contributed by atoms with E-state index < -0.39 is 0 Å². The second-order valence-corrected chi connectivity index (χ2v) is 9.02. The minimum absolute atomic E-state index is 0.0115. The molecule has 0 aliphatic carbocycles. The molecule has 0 atom stereocenters. The van der Waals surface area contributed by atoms with Crippen molar-refractivity contribution in [2.24, 2.45) is 0 Å². The van der Waals surface area contributed by atoms with Crippen LogP contribution in [0, 0.1) is 0 Å². The van der Waals surface area contributed by atoms with Crippen molar-refractivity contribution < 1.29 is 19.7 Å². The second-order valence-electron chi connectivity index (χ2n) is 9.02. The Bertz CT molecular complexity index is 889. The molecule has 2 N–H and O–H groups in total. The molecular weight excluding hydrogens is 400 g/mol. The van der Waals surface area contributed by atoms with Crippen LogP contribution in [0.4, 0.5) is 0 Å². The first-order valence-corrected chi connectivity index (χ1v) is 11.1. The van der Waals surface area contributed by atoms with Crippen LogP contribution >= 0.6 is 0 Å². The van der Waals surface area contributed by atoms with Crippen molar-refractivity contribution >= 4 is 0 Å². The van der Waals surface area contributed by atoms with Gasteiger partial charge in [-0.15, -0.1) is 0 Å². The van der Waals surface area contributed by atoms with Gasteiger partial charge in [-0.05, 0) is 46.5 Å². The predicted octanol–water partition coefficient (Wildman–Crippen LogP) is 5.08. The van der Waals surface area contributed by atoms with Gasteiger partial charge in [-0.3, -0.25) is 0 Å². The lowest BCUT2D eigenvalue weighted by atomic mass is 9.74. The molecule has 170 valence electrons. The van der Waals surface area contributed by atoms with Crippen molar-refractivity contribution in [3.8, 4) is 11.5 Å². The van der Waals surface area contributed by atoms with Crippen LogP contribution in [0.2, 0.25) is 0 Å². The minimum atomic E-state index is -0.149. The summed E-state index contributed by atoms with van der Waals surface area (Å²) in [6.07, 6.45) is 0. The second kappa shape index (κ2) is 10.2. The highest BCUT2D eigenvalue weighted by Gasteiger charge is 2.26. The molecule has 3 rings (SSSR count). The number of ether oxygens (including phenoxy) is 2. The van der Waals surface area contributed by atoms with Crippen LogP contribution in [0.5, 0.6) is 11.5 Å². The quantitative estimate of drug-likeness (QED) is 0.467. The maximum Gasteiger partial charge on any atom is 0.119 e. The predicted molar refractivity (Wildman–Crippen MR) is 129 cm³/mol. The summed E-state index contributed by atoms with van der Waals surface area (Å²) in [7, 11) is 0. The third kappa shape index (κ3) is 5.32. The molecule has 0 unspecified atom stereocenters. The molecule has 3 aromatic carbocycles. The number of benzene rings is 3. The average molecular weight is 435 g/mol. The monoisotopic (exact) mass is 434 g/mol. The molecule has 3 aromatic rings. The smallest absolute Gasteiger partial charge is 0.119 e. The standard InChI is InChI=1S/C28H34O4/c1-27(2,23-9-13-25(14-10-23)31-19-17-29)21-5-7-22(8-6-21)28(3,4)24-11-15-26(16-12-24)32-20-18-30/h5-16,29-30H,17-20H2,1-4H3. The Morgan fingerprint density at radius 3 is 1.00 bits per heavy atom. The SMILES string of the molecule is CC(C)(c1ccc(OCCO)cc1)c1ccc(C(C)(C)c2ccc(OCCO)cc2)cc1. The van der Waals surface area contributed by atoms with Gasteiger partial charge in [-0.2, -0.15) is 0 Å². The number of aliphatic hydroxyl groups is 2. The Morgan fingerprint density at radius 1 is 0.500 bits per heavy atom. The van der Waals surface area contributed by atoms with Crippen LogP contribution in [0.3, 0.4) is 0 Å². The number of hydrogen-bond acceptors (Lipinski definition) is 4. The van der Waals surface area contributed by atoms with E-state index in [1.54, 1.807) is 0 Å². The topological polar surface area (TPSA) is 58.9 Å². The van der Waals surface area contributed by atoms with E-state index in [2.05, 4.69) is 76.2 Å². The van der Waals surface area contributed by atoms with Gasteiger partial charge in [0.25, 0.3) is 0 Å². The maximum absolute atomic E-state index is 8.92. The van der Waals surface area contributed by atoms with Crippen molar-refractivity contribution in [3.63, 3.8) is 0 Å². The van der Waals surface area contributed by atoms with Gasteiger partial charge in [0.1, 0.15) is 24.7 Å². The van der Waals surface area contributed by atoms with Gasteiger partial charge in [0.05, 0.1) is 13.2 Å². The maximum atomic E-state index is 8.92. The summed E-state index contributed by atoms with van der Waals surface area (Å²) in [6, 6.07) is 25.0. The van der Waals surface area contributed by atoms with Crippen LogP contribution in [0.25, 0.3) is 0 Å². The summed E-state index contributed by atoms with van der Waals surface area (Å²) in [5.41, 5.74) is 4.61. The molecule has 0 fully saturated rings. The third-order valence-electron chi connectivity index (χ3n) is 6.20. The molecule has 0 bridgehead atoms. The fraction of sp³-hybridized carbons (Fsp3) is 0.357. The molecule has 4 nitrogen and oxygen atoms in total. The largest absolute Gasteiger partial charge is 0.491 e. The summed E-state index contributed by atoms with van der Waals surface area (Å²) >= 11 is 0. The van der Waals surface area contributed by atoms with E-state index >= 15 is 0 Å². The van der Waals surface area contributed by atoms with E-state index in [1.807, 2.05) is 24.3 Å². The Labute approximate surface area is 191 Å². The number of rotatable bonds is 10. The van der Waals surface area contributed by atoms with Gasteiger partial charge in [-0.1, -0.05) is 76.2 Å². The van der Waals surface area contributed by atoms with Crippen LogP contribution in [-0.4, -0.2) is 36.6 Å². The van der Waals surface area contributed by atoms with E-state index in [-0.39, 0.29) is 24.0 Å². The summed E-state index contributed by atoms with van der Waals surface area (Å²) < 4.78 is 11.0. The first kappa shape index (κ1) is 23.8. The summed E-state index contributed by atoms with van der Waals surface area (Å²) in [6.45, 7) is 9.53. The lowest BCUT2D eigenvalue weighted by Crippen LogP contribution is -2.21. The van der Waals surface area contributed by atoms with Gasteiger partial charge in [-0.25, -0.2) is 0 Å². The van der Waals surface area contributed by atoms with Gasteiger partial charge in [0, 0.05) is 10.8 Å². The van der Waals surface area contributed by atoms with E-state index in [4.69, 9.17) is 19.7 Å². The summed E-state index contributed by atoms with van der Waals surface area (Å²) in [5.74, 6) is 1.53. The lowest BCUT2D eigenvalue weighted by Gasteiger charge is -2.29. The van der Waals surface area contributed by atoms with Crippen LogP contribution in [-0.2, 0) is 10.8 Å². The molecule has 32 heavy (non-hydrogen) atoms. The van der Waals surface area contributed by atoms with Crippen LogP contribution in [0.1, 0.15) is 49.9 Å². The zero-order chi connectivity index (χ0) is 23.2. The Morgan fingerprint density at radius 2 is 0.750 bits per heavy atom. The number of hydrogen-bond donors (Lipinski definition) is 2. The van der Waals surface area contributed by atoms with Gasteiger partial charge in [0.2, 0.25) is 0 Å². The van der Waals surface area contributed by atoms with E-state index in [9.17, 15) is 0 Å². The Balaban J connectivity index is 1.78. The van der Waals surface area contributed by atoms with Crippen molar-refractivity contribution in [1.29, 1.82) is 0 Å². The first-order valence-electron chi connectivity index (χ1n) is 11.1. The third-order valence-corrected chi connectivity index (χ3v) is 6.20. The fourth-order valence-electron chi connectivity index (χ4n) is 3.90. The molecule has 0 saturated carbocycles. The molecule has 0 saturated heterocycles. The molecule has 4 heteroatoms. The molecule has 0 spiro atoms. The molecule has 0 heterocycles. The lowest BCUT2D eigenvalue weighted by molar-refractivity contribution is 0.201. The normalized spacial score (nSPS) is 11.9. The molecule has 0 amide bonds. The van der Waals surface area contributed by atoms with Crippen molar-refractivity contribution in [2.75, 3.05) is 26.4 Å². The highest BCUT2D eigenvalue weighted by molar-refractivity contribution is 5.45. The first-order chi connectivity index (χ1) is 15.3. The minimum Gasteiger partial charge on any atom is -0.491 e. The fourth-order valence-corrected chi connectivity index (χ4v) is 3.90. The average Bonchev–Trinajstić information content (AvgIpc) is 2.82. The van der Waals surface area contributed by atoms with Crippen LogP contribution < -0.4 is 9.47 Å². The van der Waals surface area contributed by atoms with Crippen molar-refractivity contribution in [1.82, 2.24) is 0 Å². The van der Waals surface area contributed by atoms with Crippen molar-refractivity contribution in [3.05, 3.63) is 95.1 Å². The van der Waals surface area contributed by atoms with Crippen molar-refractivity contribution in [2.45, 2.75) is 38.5 Å². The Hall–Kier alpha value is -2.82. The molecular formula is C28H34O4. The number of aliphatic hydroxyl groups excluding tert-OH is 2. The van der Waals surface area contributed by atoms with E-state index in [0.717, 1.165) is 11.5 Å². The highest BCUT2D eigenvalue weighted by atomic mass is 16.5. The van der Waals surface area contributed by atoms with Crippen LogP contribution in [0.15, 0.2) is 72.8 Å². The highest BCUT2D eigenvalue weighted by Crippen LogP contribution is 2.36. The molecule has 0 aliphatic heterocycles. The molecule has 0 aliphatic rings. The molecule has 0 aromatic heterocycles. The Kier molecular flexibility index (Phi) is 7.60. The zero-order valence-electron chi connectivity index (χ0n) is 19.5. The van der Waals surface area contributed by atoms with E-state index in [0.29, 0.717) is 13.2 Å². The van der Waals surface area contributed by atoms with Gasteiger partial charge >= 0.3 is 0 Å². The van der Waals surface area contributed by atoms with E-state index in [1.165, 1.54) is 22.3 Å². The summed E-state index contributed by atoms with van der Waals surface area (Å²) in [4.78, 5) is 0.